The van der Waals surface area contributed by atoms with E-state index >= 15 is 0 Å². The molecule has 0 amide bonds. The predicted octanol–water partition coefficient (Wildman–Crippen LogP) is 2.89. The zero-order valence-electron chi connectivity index (χ0n) is 11.0. The molecular weight excluding hydrogens is 234 g/mol. The Morgan fingerprint density at radius 2 is 1.82 bits per heavy atom. The third kappa shape index (κ3) is 4.48. The van der Waals surface area contributed by atoms with Crippen molar-refractivity contribution in [3.05, 3.63) is 23.8 Å². The zero-order valence-corrected chi connectivity index (χ0v) is 12.0. The van der Waals surface area contributed by atoms with E-state index in [4.69, 9.17) is 9.16 Å². The first-order valence-electron chi connectivity index (χ1n) is 5.40. The topological polar surface area (TPSA) is 40.0 Å². The third-order valence-corrected chi connectivity index (χ3v) is 2.74. The lowest BCUT2D eigenvalue weighted by Crippen LogP contribution is -2.29. The Balaban J connectivity index is 3.02. The summed E-state index contributed by atoms with van der Waals surface area (Å²) >= 11 is 0. The fourth-order valence-corrected chi connectivity index (χ4v) is 2.12. The Hall–Kier alpha value is -1.49. The number of benzene rings is 1. The number of hydrogen-bond acceptors (Lipinski definition) is 4. The van der Waals surface area contributed by atoms with E-state index in [1.807, 2.05) is 18.2 Å². The average molecular weight is 253 g/mol. The molecule has 0 aliphatic rings. The molecule has 0 aromatic heterocycles. The first-order valence-corrected chi connectivity index (χ1v) is 8.80. The van der Waals surface area contributed by atoms with Gasteiger partial charge in [-0.1, -0.05) is 5.16 Å². The lowest BCUT2D eigenvalue weighted by molar-refractivity contribution is 0.215. The first kappa shape index (κ1) is 13.6. The number of rotatable bonds is 5. The molecule has 0 bridgehead atoms. The first-order chi connectivity index (χ1) is 7.96. The molecule has 0 unspecified atom stereocenters. The highest BCUT2D eigenvalue weighted by Gasteiger charge is 2.18. The van der Waals surface area contributed by atoms with Crippen molar-refractivity contribution in [1.29, 1.82) is 0 Å². The minimum Gasteiger partial charge on any atom is -0.542 e. The van der Waals surface area contributed by atoms with Gasteiger partial charge in [-0.15, -0.1) is 0 Å². The van der Waals surface area contributed by atoms with Crippen molar-refractivity contribution in [3.63, 3.8) is 0 Å². The van der Waals surface area contributed by atoms with Crippen LogP contribution in [-0.4, -0.2) is 28.8 Å². The van der Waals surface area contributed by atoms with Crippen LogP contribution in [0.3, 0.4) is 0 Å². The second-order valence-corrected chi connectivity index (χ2v) is 8.97. The maximum absolute atomic E-state index is 5.96. The summed E-state index contributed by atoms with van der Waals surface area (Å²) in [7, 11) is 1.49. The molecule has 4 nitrogen and oxygen atoms in total. The summed E-state index contributed by atoms with van der Waals surface area (Å²) in [6.45, 7) is 6.38. The van der Waals surface area contributed by atoms with E-state index in [2.05, 4.69) is 29.6 Å². The van der Waals surface area contributed by atoms with Gasteiger partial charge in [0.2, 0.25) is 8.32 Å². The van der Waals surface area contributed by atoms with Crippen LogP contribution >= 0.6 is 0 Å². The maximum atomic E-state index is 5.96. The minimum atomic E-state index is -1.66. The quantitative estimate of drug-likeness (QED) is 0.460. The van der Waals surface area contributed by atoms with E-state index < -0.39 is 8.32 Å². The Morgan fingerprint density at radius 3 is 2.35 bits per heavy atom. The molecule has 0 aliphatic heterocycles. The summed E-state index contributed by atoms with van der Waals surface area (Å²) in [4.78, 5) is 4.65. The van der Waals surface area contributed by atoms with Crippen molar-refractivity contribution in [2.24, 2.45) is 5.16 Å². The molecule has 1 aromatic carbocycles. The van der Waals surface area contributed by atoms with Crippen molar-refractivity contribution in [1.82, 2.24) is 0 Å². The van der Waals surface area contributed by atoms with Crippen LogP contribution < -0.4 is 9.16 Å². The van der Waals surface area contributed by atoms with Gasteiger partial charge in [-0.25, -0.2) is 0 Å². The van der Waals surface area contributed by atoms with Crippen molar-refractivity contribution in [2.75, 3.05) is 14.2 Å². The van der Waals surface area contributed by atoms with Crippen LogP contribution in [0.15, 0.2) is 23.4 Å². The largest absolute Gasteiger partial charge is 0.542 e. The van der Waals surface area contributed by atoms with E-state index in [1.165, 1.54) is 7.11 Å². The van der Waals surface area contributed by atoms with Crippen molar-refractivity contribution < 1.29 is 14.0 Å². The smallest absolute Gasteiger partial charge is 0.242 e. The number of oxime groups is 1. The summed E-state index contributed by atoms with van der Waals surface area (Å²) < 4.78 is 11.2. The lowest BCUT2D eigenvalue weighted by atomic mass is 10.2. The molecule has 0 spiro atoms. The minimum absolute atomic E-state index is 0.738. The van der Waals surface area contributed by atoms with Gasteiger partial charge in [-0.3, -0.25) is 0 Å². The number of nitrogens with zero attached hydrogens (tertiary/aromatic N) is 1. The number of methoxy groups -OCH3 is 1. The molecule has 0 atom stereocenters. The number of ether oxygens (including phenoxy) is 1. The Morgan fingerprint density at radius 1 is 1.12 bits per heavy atom. The molecule has 1 aromatic rings. The van der Waals surface area contributed by atoms with Crippen LogP contribution in [0.25, 0.3) is 0 Å². The predicted molar refractivity (Wildman–Crippen MR) is 71.6 cm³/mol. The van der Waals surface area contributed by atoms with Crippen LogP contribution in [-0.2, 0) is 4.84 Å². The van der Waals surface area contributed by atoms with Gasteiger partial charge in [-0.05, 0) is 43.4 Å². The molecular formula is C12H19NO3Si. The molecule has 0 radical (unpaired) electrons. The highest BCUT2D eigenvalue weighted by atomic mass is 28.4. The molecule has 1 rings (SSSR count). The second kappa shape index (κ2) is 5.72. The van der Waals surface area contributed by atoms with Crippen molar-refractivity contribution >= 4 is 14.5 Å². The maximum Gasteiger partial charge on any atom is 0.242 e. The molecule has 94 valence electrons. The van der Waals surface area contributed by atoms with Crippen LogP contribution in [0, 0.1) is 0 Å². The molecule has 5 heteroatoms. The monoisotopic (exact) mass is 253 g/mol. The normalized spacial score (nSPS) is 11.6. The fraction of sp³-hybridized carbons (Fsp3) is 0.417. The van der Waals surface area contributed by atoms with Crippen LogP contribution in [0.1, 0.15) is 5.56 Å². The van der Waals surface area contributed by atoms with E-state index in [1.54, 1.807) is 13.3 Å². The second-order valence-electron chi connectivity index (χ2n) is 4.54. The summed E-state index contributed by atoms with van der Waals surface area (Å²) in [6.07, 6.45) is 1.64. The third-order valence-electron chi connectivity index (χ3n) is 1.91. The molecule has 0 N–H and O–H groups in total. The number of hydrogen-bond donors (Lipinski definition) is 0. The molecule has 17 heavy (non-hydrogen) atoms. The molecule has 0 saturated carbocycles. The van der Waals surface area contributed by atoms with Gasteiger partial charge in [0, 0.05) is 0 Å². The Bertz CT molecular complexity index is 399. The van der Waals surface area contributed by atoms with Gasteiger partial charge in [0.1, 0.15) is 12.9 Å². The van der Waals surface area contributed by atoms with Crippen molar-refractivity contribution in [3.8, 4) is 11.5 Å². The van der Waals surface area contributed by atoms with E-state index in [9.17, 15) is 0 Å². The van der Waals surface area contributed by atoms with Crippen LogP contribution in [0.5, 0.6) is 11.5 Å². The van der Waals surface area contributed by atoms with Gasteiger partial charge in [0.25, 0.3) is 0 Å². The molecule has 0 aliphatic carbocycles. The molecule has 0 heterocycles. The Labute approximate surface area is 103 Å². The standard InChI is InChI=1S/C12H19NO3Si/c1-14-11-7-6-10(9-13-15-2)8-12(11)16-17(3,4)5/h6-9H,1-5H3/b13-9-. The van der Waals surface area contributed by atoms with Crippen LogP contribution in [0.2, 0.25) is 19.6 Å². The summed E-state index contributed by atoms with van der Waals surface area (Å²) in [6, 6.07) is 5.67. The van der Waals surface area contributed by atoms with Crippen LogP contribution in [0.4, 0.5) is 0 Å². The highest BCUT2D eigenvalue weighted by molar-refractivity contribution is 6.70. The van der Waals surface area contributed by atoms with Crippen molar-refractivity contribution in [2.45, 2.75) is 19.6 Å². The summed E-state index contributed by atoms with van der Waals surface area (Å²) in [5, 5.41) is 3.73. The van der Waals surface area contributed by atoms with Gasteiger partial charge in [0.15, 0.2) is 5.75 Å². The molecule has 0 saturated heterocycles. The SMILES string of the molecule is CO/N=C\c1ccc(OC)c(O[Si](C)(C)C)c1. The molecule has 0 fully saturated rings. The van der Waals surface area contributed by atoms with Gasteiger partial charge in [-0.2, -0.15) is 0 Å². The van der Waals surface area contributed by atoms with Gasteiger partial charge < -0.3 is 14.0 Å². The summed E-state index contributed by atoms with van der Waals surface area (Å²) in [5.74, 6) is 1.49. The van der Waals surface area contributed by atoms with Gasteiger partial charge in [0.05, 0.1) is 13.3 Å². The zero-order chi connectivity index (χ0) is 12.9. The highest BCUT2D eigenvalue weighted by Crippen LogP contribution is 2.29. The average Bonchev–Trinajstić information content (AvgIpc) is 2.24. The van der Waals surface area contributed by atoms with E-state index in [0.29, 0.717) is 0 Å². The fourth-order valence-electron chi connectivity index (χ4n) is 1.30. The van der Waals surface area contributed by atoms with E-state index in [0.717, 1.165) is 17.1 Å². The lowest BCUT2D eigenvalue weighted by Gasteiger charge is -2.21. The van der Waals surface area contributed by atoms with E-state index in [-0.39, 0.29) is 0 Å². The Kier molecular flexibility index (Phi) is 4.57. The summed E-state index contributed by atoms with van der Waals surface area (Å²) in [5.41, 5.74) is 0.918. The van der Waals surface area contributed by atoms with Gasteiger partial charge >= 0.3 is 0 Å².